The number of carbonyl (C=O) groups excluding carboxylic acids is 7. The quantitative estimate of drug-likeness (QED) is 0.0320. The molecule has 0 spiro atoms. The largest absolute Gasteiger partial charge is 0.465 e. The second kappa shape index (κ2) is 48.1. The monoisotopic (exact) mass is 1010 g/mol. The molecule has 0 heterocycles. The molecule has 1 amide bonds. The van der Waals surface area contributed by atoms with Crippen molar-refractivity contribution in [3.63, 3.8) is 0 Å². The smallest absolute Gasteiger partial charge is 0.307 e. The van der Waals surface area contributed by atoms with Gasteiger partial charge in [0.25, 0.3) is 5.24 Å². The van der Waals surface area contributed by atoms with Gasteiger partial charge in [0.05, 0.1) is 26.1 Å². The van der Waals surface area contributed by atoms with E-state index in [2.05, 4.69) is 27.7 Å². The Bertz CT molecular complexity index is 1280. The van der Waals surface area contributed by atoms with E-state index in [1.807, 2.05) is 19.0 Å². The summed E-state index contributed by atoms with van der Waals surface area (Å²) in [4.78, 5) is 94.3. The number of rotatable bonds is 49. The second-order valence-corrected chi connectivity index (χ2v) is 20.3. The van der Waals surface area contributed by atoms with Crippen LogP contribution in [0.1, 0.15) is 233 Å². The number of thioether (sulfide) groups is 1. The van der Waals surface area contributed by atoms with Gasteiger partial charge in [0, 0.05) is 56.9 Å². The van der Waals surface area contributed by atoms with Crippen LogP contribution in [0.3, 0.4) is 0 Å². The fourth-order valence-electron chi connectivity index (χ4n) is 7.66. The lowest BCUT2D eigenvalue weighted by Gasteiger charge is -2.23. The zero-order valence-corrected chi connectivity index (χ0v) is 46.0. The first kappa shape index (κ1) is 66.8. The minimum atomic E-state index is -0.983. The van der Waals surface area contributed by atoms with E-state index in [0.717, 1.165) is 147 Å². The molecule has 70 heavy (non-hydrogen) atoms. The highest BCUT2D eigenvalue weighted by molar-refractivity contribution is 8.13. The third kappa shape index (κ3) is 43.6. The highest BCUT2D eigenvalue weighted by atomic mass is 32.2. The van der Waals surface area contributed by atoms with Crippen molar-refractivity contribution in [2.45, 2.75) is 239 Å². The Kier molecular flexibility index (Phi) is 45.9. The molecule has 0 fully saturated rings. The highest BCUT2D eigenvalue weighted by Gasteiger charge is 2.23. The number of Topliss-reactive ketones (excluding diaryl/α,β-unsaturated/α-hetero) is 1. The topological polar surface area (TPSA) is 172 Å². The molecule has 0 radical (unpaired) electrons. The van der Waals surface area contributed by atoms with Gasteiger partial charge in [-0.2, -0.15) is 0 Å². The van der Waals surface area contributed by atoms with Gasteiger partial charge in [-0.05, 0) is 52.7 Å². The molecule has 0 aliphatic carbocycles. The number of ether oxygens (including phenoxy) is 5. The van der Waals surface area contributed by atoms with E-state index in [9.17, 15) is 33.6 Å². The van der Waals surface area contributed by atoms with Crippen LogP contribution in [0.15, 0.2) is 0 Å². The number of amides is 1. The van der Waals surface area contributed by atoms with Crippen LogP contribution in [0.4, 0.5) is 4.79 Å². The maximum Gasteiger partial charge on any atom is 0.307 e. The van der Waals surface area contributed by atoms with E-state index < -0.39 is 35.9 Å². The van der Waals surface area contributed by atoms with Crippen LogP contribution >= 0.6 is 11.8 Å². The highest BCUT2D eigenvalue weighted by Crippen LogP contribution is 2.17. The normalized spacial score (nSPS) is 12.0. The first-order valence-electron chi connectivity index (χ1n) is 27.7. The number of hydrogen-bond acceptors (Lipinski definition) is 14. The Morgan fingerprint density at radius 3 is 1.17 bits per heavy atom. The first-order chi connectivity index (χ1) is 33.8. The van der Waals surface area contributed by atoms with Gasteiger partial charge in [-0.1, -0.05) is 168 Å². The minimum absolute atomic E-state index is 0.0201. The first-order valence-corrected chi connectivity index (χ1v) is 28.7. The molecule has 408 valence electrons. The van der Waals surface area contributed by atoms with Crippen LogP contribution in [-0.4, -0.2) is 123 Å². The summed E-state index contributed by atoms with van der Waals surface area (Å²) in [5.41, 5.74) is 0. The van der Waals surface area contributed by atoms with Gasteiger partial charge in [-0.25, -0.2) is 0 Å². The molecule has 15 heteroatoms. The Morgan fingerprint density at radius 2 is 0.757 bits per heavy atom. The van der Waals surface area contributed by atoms with E-state index in [1.165, 1.54) is 24.2 Å². The molecule has 2 atom stereocenters. The van der Waals surface area contributed by atoms with Crippen molar-refractivity contribution in [3.8, 4) is 0 Å². The van der Waals surface area contributed by atoms with Gasteiger partial charge < -0.3 is 33.5 Å². The Morgan fingerprint density at radius 1 is 0.400 bits per heavy atom. The molecule has 0 aromatic rings. The number of esters is 5. The molecule has 0 rings (SSSR count). The zero-order chi connectivity index (χ0) is 51.9. The summed E-state index contributed by atoms with van der Waals surface area (Å²) in [5, 5.41) is -0.298. The number of carbonyl (C=O) groups is 7. The van der Waals surface area contributed by atoms with E-state index in [1.54, 1.807) is 0 Å². The average molecular weight is 1010 g/mol. The van der Waals surface area contributed by atoms with Crippen LogP contribution in [0.5, 0.6) is 0 Å². The van der Waals surface area contributed by atoms with Gasteiger partial charge >= 0.3 is 29.8 Å². The summed E-state index contributed by atoms with van der Waals surface area (Å²) in [5.74, 6) is -2.31. The molecule has 0 saturated heterocycles. The summed E-state index contributed by atoms with van der Waals surface area (Å²) in [7, 11) is 3.90. The van der Waals surface area contributed by atoms with Crippen molar-refractivity contribution < 1.29 is 57.2 Å². The van der Waals surface area contributed by atoms with Gasteiger partial charge in [0.1, 0.15) is 19.0 Å². The van der Waals surface area contributed by atoms with Crippen molar-refractivity contribution in [3.05, 3.63) is 0 Å². The molecule has 0 N–H and O–H groups in total. The Labute approximate surface area is 429 Å². The van der Waals surface area contributed by atoms with E-state index in [-0.39, 0.29) is 88.6 Å². The lowest BCUT2D eigenvalue weighted by molar-refractivity contribution is -0.167. The van der Waals surface area contributed by atoms with E-state index in [0.29, 0.717) is 31.4 Å². The van der Waals surface area contributed by atoms with Gasteiger partial charge in [0.15, 0.2) is 6.10 Å². The predicted octanol–water partition coefficient (Wildman–Crippen LogP) is 12.5. The molecule has 0 aromatic carbocycles. The fourth-order valence-corrected chi connectivity index (χ4v) is 8.48. The van der Waals surface area contributed by atoms with Crippen molar-refractivity contribution in [2.24, 2.45) is 5.92 Å². The fraction of sp³-hybridized carbons (Fsp3) is 0.873. The molecule has 0 saturated carbocycles. The van der Waals surface area contributed by atoms with Crippen LogP contribution in [0.25, 0.3) is 0 Å². The van der Waals surface area contributed by atoms with E-state index in [4.69, 9.17) is 23.7 Å². The molecule has 0 unspecified atom stereocenters. The molecular formula is C55H100N2O12S. The van der Waals surface area contributed by atoms with Crippen molar-refractivity contribution in [1.82, 2.24) is 9.80 Å². The lowest BCUT2D eigenvalue weighted by Crippen LogP contribution is -2.34. The number of ketones is 1. The van der Waals surface area contributed by atoms with Gasteiger partial charge in [-0.3, -0.25) is 33.6 Å². The summed E-state index contributed by atoms with van der Waals surface area (Å²) in [6, 6.07) is 0. The second-order valence-electron chi connectivity index (χ2n) is 19.3. The Hall–Kier alpha value is -3.20. The van der Waals surface area contributed by atoms with Crippen LogP contribution in [-0.2, 0) is 52.5 Å². The van der Waals surface area contributed by atoms with Crippen LogP contribution < -0.4 is 0 Å². The maximum atomic E-state index is 13.5. The lowest BCUT2D eigenvalue weighted by atomic mass is 10.00. The average Bonchev–Trinajstić information content (AvgIpc) is 3.33. The summed E-state index contributed by atoms with van der Waals surface area (Å²) in [6.07, 6.45) is 25.5. The standard InChI is InChI=1S/C55H100N2O12S/c1-7-11-15-19-23-27-32-48(58)42-47(43-65-50(59)33-28-24-20-16-12-8-2)44-66-52(61)36-39-57(55(64)70-41-31-38-56(5)6)40-37-53(62)68-46-49(69-54(63)35-30-26-22-18-14-10-4)45-67-51(60)34-29-25-21-17-13-9-3/h47,49H,7-46H2,1-6H3/t47-,49-/m1/s1. The molecule has 14 nitrogen and oxygen atoms in total. The third-order valence-corrected chi connectivity index (χ3v) is 13.1. The summed E-state index contributed by atoms with van der Waals surface area (Å²) < 4.78 is 27.9. The van der Waals surface area contributed by atoms with E-state index >= 15 is 0 Å². The third-order valence-electron chi connectivity index (χ3n) is 12.1. The van der Waals surface area contributed by atoms with Crippen LogP contribution in [0, 0.1) is 5.92 Å². The molecule has 0 aliphatic rings. The minimum Gasteiger partial charge on any atom is -0.465 e. The summed E-state index contributed by atoms with van der Waals surface area (Å²) in [6.45, 7) is 8.67. The number of unbranched alkanes of at least 4 members (excludes halogenated alkanes) is 20. The number of hydrogen-bond donors (Lipinski definition) is 0. The van der Waals surface area contributed by atoms with Crippen molar-refractivity contribution >= 4 is 52.6 Å². The van der Waals surface area contributed by atoms with Crippen molar-refractivity contribution in [2.75, 3.05) is 65.9 Å². The molecule has 0 aliphatic heterocycles. The van der Waals surface area contributed by atoms with Crippen LogP contribution in [0.2, 0.25) is 0 Å². The predicted molar refractivity (Wildman–Crippen MR) is 281 cm³/mol. The Balaban J connectivity index is 5.58. The summed E-state index contributed by atoms with van der Waals surface area (Å²) >= 11 is 1.11. The zero-order valence-electron chi connectivity index (χ0n) is 45.1. The van der Waals surface area contributed by atoms with Gasteiger partial charge in [0.2, 0.25) is 0 Å². The molecular weight excluding hydrogens is 913 g/mol. The SMILES string of the molecule is CCCCCCCCC(=O)C[C@H](COC(=O)CCCCCCCC)COC(=O)CCN(CCC(=O)OC[C@@H](COC(=O)CCCCCCCC)OC(=O)CCCCCCCC)C(=O)SCCCN(C)C. The van der Waals surface area contributed by atoms with Gasteiger partial charge in [-0.15, -0.1) is 0 Å². The van der Waals surface area contributed by atoms with Crippen molar-refractivity contribution in [1.29, 1.82) is 0 Å². The number of nitrogens with zero attached hydrogens (tertiary/aromatic N) is 2. The molecule has 0 bridgehead atoms. The molecule has 0 aromatic heterocycles. The maximum absolute atomic E-state index is 13.5.